The van der Waals surface area contributed by atoms with Crippen LogP contribution in [0.25, 0.3) is 0 Å². The van der Waals surface area contributed by atoms with Gasteiger partial charge in [-0.1, -0.05) is 6.92 Å². The number of hydrogen-bond donors (Lipinski definition) is 0. The second-order valence-corrected chi connectivity index (χ2v) is 7.12. The van der Waals surface area contributed by atoms with Gasteiger partial charge in [0.25, 0.3) is 0 Å². The van der Waals surface area contributed by atoms with Gasteiger partial charge in [-0.3, -0.25) is 4.79 Å². The zero-order valence-electron chi connectivity index (χ0n) is 13.4. The van der Waals surface area contributed by atoms with Gasteiger partial charge in [0.2, 0.25) is 5.91 Å². The summed E-state index contributed by atoms with van der Waals surface area (Å²) in [4.78, 5) is 18.9. The number of aromatic nitrogens is 2. The Morgan fingerprint density at radius 2 is 2.33 bits per heavy atom. The Morgan fingerprint density at radius 3 is 3.05 bits per heavy atom. The molecule has 118 valence electrons. The van der Waals surface area contributed by atoms with E-state index < -0.39 is 0 Å². The van der Waals surface area contributed by atoms with Gasteiger partial charge in [-0.25, -0.2) is 4.98 Å². The summed E-state index contributed by atoms with van der Waals surface area (Å²) >= 11 is 1.75. The molecule has 4 nitrogen and oxygen atoms in total. The molecule has 0 saturated carbocycles. The summed E-state index contributed by atoms with van der Waals surface area (Å²) in [5.74, 6) is 3.51. The van der Waals surface area contributed by atoms with Gasteiger partial charge < -0.3 is 9.47 Å². The molecule has 5 heteroatoms. The summed E-state index contributed by atoms with van der Waals surface area (Å²) in [5, 5.41) is 0. The van der Waals surface area contributed by atoms with E-state index in [4.69, 9.17) is 0 Å². The number of rotatable bonds is 6. The maximum Gasteiger partial charge on any atom is 0.232 e. The monoisotopic (exact) mass is 309 g/mol. The van der Waals surface area contributed by atoms with Crippen LogP contribution in [0.2, 0.25) is 0 Å². The van der Waals surface area contributed by atoms with Gasteiger partial charge in [0.15, 0.2) is 0 Å². The number of hydrogen-bond acceptors (Lipinski definition) is 3. The normalized spacial score (nSPS) is 19.2. The molecule has 1 saturated heterocycles. The van der Waals surface area contributed by atoms with E-state index in [0.29, 0.717) is 23.6 Å². The van der Waals surface area contributed by atoms with Crippen LogP contribution in [0.1, 0.15) is 57.8 Å². The average Bonchev–Trinajstić information content (AvgIpc) is 2.97. The highest BCUT2D eigenvalue weighted by molar-refractivity contribution is 7.99. The lowest BCUT2D eigenvalue weighted by Gasteiger charge is -2.33. The molecule has 1 aromatic rings. The fraction of sp³-hybridized carbons (Fsp3) is 0.750. The fourth-order valence-electron chi connectivity index (χ4n) is 2.89. The molecule has 2 heterocycles. The molecule has 1 aromatic heterocycles. The van der Waals surface area contributed by atoms with Crippen molar-refractivity contribution < 1.29 is 4.79 Å². The second kappa shape index (κ2) is 7.87. The highest BCUT2D eigenvalue weighted by Crippen LogP contribution is 2.27. The van der Waals surface area contributed by atoms with Crippen LogP contribution in [0, 0.1) is 0 Å². The first-order chi connectivity index (χ1) is 10.1. The Bertz CT molecular complexity index is 458. The molecule has 1 amide bonds. The summed E-state index contributed by atoms with van der Waals surface area (Å²) in [7, 11) is 0. The van der Waals surface area contributed by atoms with E-state index in [-0.39, 0.29) is 0 Å². The number of thioether (sulfide) groups is 1. The van der Waals surface area contributed by atoms with Crippen molar-refractivity contribution in [3.8, 4) is 0 Å². The molecule has 0 aromatic carbocycles. The van der Waals surface area contributed by atoms with E-state index >= 15 is 0 Å². The molecule has 1 atom stereocenters. The molecule has 1 fully saturated rings. The molecule has 0 spiro atoms. The zero-order valence-corrected chi connectivity index (χ0v) is 14.2. The SMILES string of the molecule is CCCSCC(=O)N1CCC[C@H](c2nccn2C(C)C)C1. The van der Waals surface area contributed by atoms with Crippen LogP contribution >= 0.6 is 11.8 Å². The molecular weight excluding hydrogens is 282 g/mol. The minimum atomic E-state index is 0.292. The molecule has 0 unspecified atom stereocenters. The summed E-state index contributed by atoms with van der Waals surface area (Å²) < 4.78 is 2.24. The quantitative estimate of drug-likeness (QED) is 0.757. The third kappa shape index (κ3) is 4.25. The highest BCUT2D eigenvalue weighted by Gasteiger charge is 2.27. The van der Waals surface area contributed by atoms with Gasteiger partial charge in [0.1, 0.15) is 5.82 Å². The van der Waals surface area contributed by atoms with Crippen molar-refractivity contribution in [3.63, 3.8) is 0 Å². The predicted molar refractivity (Wildman–Crippen MR) is 88.8 cm³/mol. The van der Waals surface area contributed by atoms with E-state index in [0.717, 1.165) is 43.9 Å². The molecule has 21 heavy (non-hydrogen) atoms. The number of imidazole rings is 1. The van der Waals surface area contributed by atoms with Gasteiger partial charge in [-0.05, 0) is 38.9 Å². The zero-order chi connectivity index (χ0) is 15.2. The number of piperidine rings is 1. The lowest BCUT2D eigenvalue weighted by atomic mass is 9.97. The van der Waals surface area contributed by atoms with E-state index in [1.54, 1.807) is 11.8 Å². The molecule has 0 N–H and O–H groups in total. The Labute approximate surface area is 132 Å². The summed E-state index contributed by atoms with van der Waals surface area (Å²) in [5.41, 5.74) is 0. The van der Waals surface area contributed by atoms with Gasteiger partial charge in [0, 0.05) is 37.4 Å². The third-order valence-corrected chi connectivity index (χ3v) is 5.12. The van der Waals surface area contributed by atoms with Crippen molar-refractivity contribution in [2.24, 2.45) is 0 Å². The van der Waals surface area contributed by atoms with Crippen molar-refractivity contribution >= 4 is 17.7 Å². The van der Waals surface area contributed by atoms with Gasteiger partial charge >= 0.3 is 0 Å². The number of likely N-dealkylation sites (tertiary alicyclic amines) is 1. The van der Waals surface area contributed by atoms with E-state index in [2.05, 4.69) is 36.5 Å². The van der Waals surface area contributed by atoms with Crippen LogP contribution in [0.4, 0.5) is 0 Å². The van der Waals surface area contributed by atoms with E-state index in [1.807, 2.05) is 11.1 Å². The molecule has 0 bridgehead atoms. The minimum Gasteiger partial charge on any atom is -0.341 e. The van der Waals surface area contributed by atoms with Crippen LogP contribution in [-0.4, -0.2) is 45.0 Å². The molecular formula is C16H27N3OS. The Hall–Kier alpha value is -0.970. The summed E-state index contributed by atoms with van der Waals surface area (Å²) in [6, 6.07) is 0.425. The van der Waals surface area contributed by atoms with Crippen LogP contribution in [0.3, 0.4) is 0 Å². The van der Waals surface area contributed by atoms with Gasteiger partial charge in [-0.15, -0.1) is 0 Å². The second-order valence-electron chi connectivity index (χ2n) is 6.02. The van der Waals surface area contributed by atoms with Crippen molar-refractivity contribution in [2.45, 2.75) is 52.0 Å². The first-order valence-electron chi connectivity index (χ1n) is 8.01. The molecule has 2 rings (SSSR count). The number of carbonyl (C=O) groups excluding carboxylic acids is 1. The van der Waals surface area contributed by atoms with Crippen molar-refractivity contribution in [3.05, 3.63) is 18.2 Å². The van der Waals surface area contributed by atoms with Crippen LogP contribution in [-0.2, 0) is 4.79 Å². The average molecular weight is 309 g/mol. The van der Waals surface area contributed by atoms with Gasteiger partial charge in [0.05, 0.1) is 5.75 Å². The Kier molecular flexibility index (Phi) is 6.15. The van der Waals surface area contributed by atoms with Crippen molar-refractivity contribution in [1.29, 1.82) is 0 Å². The Balaban J connectivity index is 1.97. The fourth-order valence-corrected chi connectivity index (χ4v) is 3.68. The highest BCUT2D eigenvalue weighted by atomic mass is 32.2. The van der Waals surface area contributed by atoms with Crippen LogP contribution in [0.15, 0.2) is 12.4 Å². The molecule has 1 aliphatic rings. The standard InChI is InChI=1S/C16H27N3OS/c1-4-10-21-12-15(20)18-8-5-6-14(11-18)16-17-7-9-19(16)13(2)3/h7,9,13-14H,4-6,8,10-12H2,1-3H3/t14-/m0/s1. The first-order valence-corrected chi connectivity index (χ1v) is 9.17. The summed E-state index contributed by atoms with van der Waals surface area (Å²) in [6.07, 6.45) is 7.28. The number of carbonyl (C=O) groups is 1. The third-order valence-electron chi connectivity index (χ3n) is 3.97. The largest absolute Gasteiger partial charge is 0.341 e. The maximum atomic E-state index is 12.3. The minimum absolute atomic E-state index is 0.292. The van der Waals surface area contributed by atoms with E-state index in [9.17, 15) is 4.79 Å². The number of nitrogens with zero attached hydrogens (tertiary/aromatic N) is 3. The van der Waals surface area contributed by atoms with Crippen molar-refractivity contribution in [1.82, 2.24) is 14.5 Å². The Morgan fingerprint density at radius 1 is 1.52 bits per heavy atom. The van der Waals surface area contributed by atoms with E-state index in [1.165, 1.54) is 0 Å². The molecule has 1 aliphatic heterocycles. The number of amides is 1. The first kappa shape index (κ1) is 16.4. The van der Waals surface area contributed by atoms with Gasteiger partial charge in [-0.2, -0.15) is 11.8 Å². The van der Waals surface area contributed by atoms with Crippen LogP contribution in [0.5, 0.6) is 0 Å². The van der Waals surface area contributed by atoms with Crippen molar-refractivity contribution in [2.75, 3.05) is 24.6 Å². The lowest BCUT2D eigenvalue weighted by molar-refractivity contribution is -0.129. The molecule has 0 aliphatic carbocycles. The smallest absolute Gasteiger partial charge is 0.232 e. The predicted octanol–water partition coefficient (Wildman–Crippen LogP) is 3.31. The lowest BCUT2D eigenvalue weighted by Crippen LogP contribution is -2.40. The summed E-state index contributed by atoms with van der Waals surface area (Å²) in [6.45, 7) is 8.25. The maximum absolute atomic E-state index is 12.3. The molecule has 0 radical (unpaired) electrons. The van der Waals surface area contributed by atoms with Crippen LogP contribution < -0.4 is 0 Å². The topological polar surface area (TPSA) is 38.1 Å².